The summed E-state index contributed by atoms with van der Waals surface area (Å²) in [5, 5.41) is 13.1. The molecule has 0 atom stereocenters. The summed E-state index contributed by atoms with van der Waals surface area (Å²) in [6, 6.07) is 3.67. The highest BCUT2D eigenvalue weighted by molar-refractivity contribution is 7.92. The number of nitrogens with one attached hydrogen (secondary N) is 1. The number of amides is 2. The van der Waals surface area contributed by atoms with Crippen molar-refractivity contribution >= 4 is 33.7 Å². The largest absolute Gasteiger partial charge is 0.394 e. The van der Waals surface area contributed by atoms with Gasteiger partial charge in [0.15, 0.2) is 0 Å². The van der Waals surface area contributed by atoms with E-state index in [1.165, 1.54) is 41.8 Å². The Bertz CT molecular complexity index is 1450. The van der Waals surface area contributed by atoms with Crippen molar-refractivity contribution in [1.82, 2.24) is 14.5 Å². The Labute approximate surface area is 292 Å². The maximum absolute atomic E-state index is 13.4. The summed E-state index contributed by atoms with van der Waals surface area (Å²) in [7, 11) is -3.72. The van der Waals surface area contributed by atoms with Crippen LogP contribution < -0.4 is 5.32 Å². The number of carbonyl (C=O) groups is 2. The molecule has 11 nitrogen and oxygen atoms in total. The third-order valence-corrected chi connectivity index (χ3v) is 12.5. The van der Waals surface area contributed by atoms with Crippen LogP contribution in [0.3, 0.4) is 0 Å². The minimum absolute atomic E-state index is 0.00586. The van der Waals surface area contributed by atoms with E-state index in [0.717, 1.165) is 54.1 Å². The Balaban J connectivity index is 1.13. The molecule has 0 radical (unpaired) electrons. The van der Waals surface area contributed by atoms with Gasteiger partial charge in [-0.3, -0.25) is 14.6 Å². The Hall–Kier alpha value is -2.64. The first-order valence-corrected chi connectivity index (χ1v) is 19.9. The van der Waals surface area contributed by atoms with Gasteiger partial charge in [0.1, 0.15) is 11.4 Å². The van der Waals surface area contributed by atoms with Crippen LogP contribution in [0.2, 0.25) is 0 Å². The van der Waals surface area contributed by atoms with Gasteiger partial charge in [0.25, 0.3) is 11.8 Å². The monoisotopic (exact) mass is 700 g/mol. The first-order chi connectivity index (χ1) is 23.5. The van der Waals surface area contributed by atoms with Crippen LogP contribution in [0.1, 0.15) is 105 Å². The molecule has 0 aromatic heterocycles. The number of hydrogen-bond donors (Lipinski definition) is 2. The highest BCUT2D eigenvalue weighted by Gasteiger charge is 2.48. The summed E-state index contributed by atoms with van der Waals surface area (Å²) in [6.45, 7) is 8.91. The number of aliphatic hydroxyl groups is 1. The van der Waals surface area contributed by atoms with Crippen molar-refractivity contribution in [3.63, 3.8) is 0 Å². The zero-order chi connectivity index (χ0) is 35.0. The summed E-state index contributed by atoms with van der Waals surface area (Å²) in [5.41, 5.74) is 2.16. The molecule has 2 saturated heterocycles. The van der Waals surface area contributed by atoms with Crippen molar-refractivity contribution in [1.29, 1.82) is 0 Å². The first-order valence-electron chi connectivity index (χ1n) is 18.4. The van der Waals surface area contributed by atoms with E-state index in [2.05, 4.69) is 12.2 Å². The molecule has 3 heterocycles. The lowest BCUT2D eigenvalue weighted by molar-refractivity contribution is -0.125. The van der Waals surface area contributed by atoms with Gasteiger partial charge in [0.05, 0.1) is 32.5 Å². The lowest BCUT2D eigenvalue weighted by Crippen LogP contribution is -2.50. The molecule has 3 aliphatic heterocycles. The van der Waals surface area contributed by atoms with Gasteiger partial charge >= 0.3 is 0 Å². The van der Waals surface area contributed by atoms with Gasteiger partial charge in [-0.2, -0.15) is 4.31 Å². The van der Waals surface area contributed by atoms with E-state index < -0.39 is 15.6 Å². The molecule has 2 N–H and O–H groups in total. The van der Waals surface area contributed by atoms with Crippen molar-refractivity contribution < 1.29 is 32.6 Å². The maximum atomic E-state index is 13.4. The van der Waals surface area contributed by atoms with Crippen molar-refractivity contribution in [2.75, 3.05) is 52.6 Å². The molecule has 272 valence electrons. The van der Waals surface area contributed by atoms with E-state index >= 15 is 0 Å². The second-order valence-corrected chi connectivity index (χ2v) is 16.1. The predicted octanol–water partition coefficient (Wildman–Crippen LogP) is 4.59. The van der Waals surface area contributed by atoms with Gasteiger partial charge in [-0.25, -0.2) is 8.42 Å². The Morgan fingerprint density at radius 3 is 2.33 bits per heavy atom. The van der Waals surface area contributed by atoms with Crippen LogP contribution in [-0.4, -0.2) is 105 Å². The minimum Gasteiger partial charge on any atom is -0.394 e. The molecule has 2 amide bonds. The third kappa shape index (κ3) is 9.38. The van der Waals surface area contributed by atoms with Crippen LogP contribution in [0.15, 0.2) is 22.5 Å². The number of unbranched alkanes of at least 4 members (excludes halogenated alkanes) is 1. The number of piperidine rings is 2. The molecule has 1 aromatic rings. The number of amidine groups is 1. The number of carbonyl (C=O) groups excluding carboxylic acids is 2. The van der Waals surface area contributed by atoms with Gasteiger partial charge in [0, 0.05) is 43.1 Å². The normalized spacial score (nSPS) is 23.7. The minimum atomic E-state index is -3.72. The van der Waals surface area contributed by atoms with Gasteiger partial charge in [-0.1, -0.05) is 26.2 Å². The van der Waals surface area contributed by atoms with Crippen LogP contribution >= 0.6 is 0 Å². The number of likely N-dealkylation sites (tertiary alicyclic amines) is 1. The highest BCUT2D eigenvalue weighted by Crippen LogP contribution is 2.37. The van der Waals surface area contributed by atoms with Crippen molar-refractivity contribution in [3.05, 3.63) is 39.8 Å². The van der Waals surface area contributed by atoms with E-state index in [9.17, 15) is 18.0 Å². The smallest absolute Gasteiger partial charge is 0.253 e. The molecule has 5 rings (SSSR count). The van der Waals surface area contributed by atoms with Gasteiger partial charge in [0.2, 0.25) is 10.0 Å². The number of ether oxygens (including phenoxy) is 2. The van der Waals surface area contributed by atoms with Gasteiger partial charge in [-0.05, 0) is 106 Å². The standard InChI is InChI=1S/C37H56N4O7S/c1-4-5-6-29-7-9-30(10-8-29)34-38-36(44)37(39-34)14-18-41(19-15-37)49(45,46)24-13-33-27(2)25-31(26-28(33)3)35(43)40-16-11-32(12-17-40)48-23-22-47-21-20-42/h13,24-26,29-30,32,42H,4-12,14-23H2,1-3H3,(H,38,39,44). The number of hydrogen-bond acceptors (Lipinski definition) is 8. The Morgan fingerprint density at radius 2 is 1.69 bits per heavy atom. The quantitative estimate of drug-likeness (QED) is 0.271. The van der Waals surface area contributed by atoms with Crippen molar-refractivity contribution in [2.24, 2.45) is 16.8 Å². The second-order valence-electron chi connectivity index (χ2n) is 14.3. The number of nitrogens with zero attached hydrogens (tertiary/aromatic N) is 3. The molecule has 1 saturated carbocycles. The van der Waals surface area contributed by atoms with Crippen LogP contribution in [0.5, 0.6) is 0 Å². The first kappa shape index (κ1) is 37.6. The molecule has 1 aliphatic carbocycles. The number of aliphatic hydroxyl groups excluding tert-OH is 1. The Morgan fingerprint density at radius 1 is 1.02 bits per heavy atom. The summed E-state index contributed by atoms with van der Waals surface area (Å²) >= 11 is 0. The number of rotatable bonds is 14. The zero-order valence-corrected chi connectivity index (χ0v) is 30.4. The molecular weight excluding hydrogens is 644 g/mol. The van der Waals surface area contributed by atoms with Crippen LogP contribution in [0.25, 0.3) is 6.08 Å². The summed E-state index contributed by atoms with van der Waals surface area (Å²) in [6.07, 6.45) is 12.2. The molecule has 1 spiro atoms. The number of aliphatic imine (C=N–C) groups is 1. The lowest BCUT2D eigenvalue weighted by Gasteiger charge is -2.34. The molecule has 3 fully saturated rings. The van der Waals surface area contributed by atoms with Crippen LogP contribution in [0, 0.1) is 25.7 Å². The SMILES string of the molecule is CCCCC1CCC(C2=NC3(CCN(S(=O)(=O)C=Cc4c(C)cc(C(=O)N5CCC(OCCOCCO)CC5)cc4C)CC3)C(=O)N2)CC1. The molecular formula is C37H56N4O7S. The van der Waals surface area contributed by atoms with Crippen LogP contribution in [-0.2, 0) is 24.3 Å². The number of aryl methyl sites for hydroxylation is 2. The fraction of sp³-hybridized carbons (Fsp3) is 0.703. The maximum Gasteiger partial charge on any atom is 0.253 e. The topological polar surface area (TPSA) is 138 Å². The summed E-state index contributed by atoms with van der Waals surface area (Å²) in [4.78, 5) is 33.3. The predicted molar refractivity (Wildman–Crippen MR) is 191 cm³/mol. The molecule has 4 aliphatic rings. The zero-order valence-electron chi connectivity index (χ0n) is 29.6. The average molecular weight is 701 g/mol. The van der Waals surface area contributed by atoms with Crippen molar-refractivity contribution in [3.8, 4) is 0 Å². The van der Waals surface area contributed by atoms with Gasteiger partial charge in [-0.15, -0.1) is 0 Å². The lowest BCUT2D eigenvalue weighted by atomic mass is 9.79. The second kappa shape index (κ2) is 17.0. The molecule has 12 heteroatoms. The fourth-order valence-electron chi connectivity index (χ4n) is 7.85. The summed E-state index contributed by atoms with van der Waals surface area (Å²) < 4.78 is 39.4. The highest BCUT2D eigenvalue weighted by atomic mass is 32.2. The number of benzene rings is 1. The molecule has 0 bridgehead atoms. The summed E-state index contributed by atoms with van der Waals surface area (Å²) in [5.74, 6) is 1.77. The molecule has 0 unspecified atom stereocenters. The average Bonchev–Trinajstić information content (AvgIpc) is 3.41. The number of sulfonamides is 1. The van der Waals surface area contributed by atoms with E-state index in [0.29, 0.717) is 57.2 Å². The van der Waals surface area contributed by atoms with E-state index in [1.54, 1.807) is 6.08 Å². The van der Waals surface area contributed by atoms with Crippen LogP contribution in [0.4, 0.5) is 0 Å². The van der Waals surface area contributed by atoms with E-state index in [-0.39, 0.29) is 37.6 Å². The van der Waals surface area contributed by atoms with E-state index in [1.807, 2.05) is 30.9 Å². The molecule has 1 aromatic carbocycles. The van der Waals surface area contributed by atoms with Gasteiger partial charge < -0.3 is 24.8 Å². The molecule has 49 heavy (non-hydrogen) atoms. The fourth-order valence-corrected chi connectivity index (χ4v) is 9.02. The third-order valence-electron chi connectivity index (χ3n) is 10.9. The van der Waals surface area contributed by atoms with E-state index in [4.69, 9.17) is 19.6 Å². The Kier molecular flexibility index (Phi) is 13.1. The van der Waals surface area contributed by atoms with Crippen molar-refractivity contribution in [2.45, 2.75) is 103 Å².